The number of thiazole rings is 1. The molecule has 72 valence electrons. The van der Waals surface area contributed by atoms with Crippen LogP contribution < -0.4 is 0 Å². The first-order valence-corrected chi connectivity index (χ1v) is 5.21. The molecule has 0 atom stereocenters. The fourth-order valence-electron chi connectivity index (χ4n) is 1.29. The highest BCUT2D eigenvalue weighted by molar-refractivity contribution is 7.11. The molecule has 1 aromatic carbocycles. The Morgan fingerprint density at radius 2 is 2.00 bits per heavy atom. The smallest absolute Gasteiger partial charge is 0.123 e. The summed E-state index contributed by atoms with van der Waals surface area (Å²) in [5, 5.41) is 1.07. The van der Waals surface area contributed by atoms with Crippen LogP contribution in [0, 0.1) is 12.7 Å². The fraction of sp³-hybridized carbons (Fsp3) is 0.182. The average Bonchev–Trinajstić information content (AvgIpc) is 2.56. The molecule has 2 rings (SSSR count). The zero-order chi connectivity index (χ0) is 9.97. The Balaban J connectivity index is 2.15. The molecule has 2 aromatic rings. The topological polar surface area (TPSA) is 12.9 Å². The molecule has 0 saturated carbocycles. The number of nitrogens with zero attached hydrogens (tertiary/aromatic N) is 1. The largest absolute Gasteiger partial charge is 0.250 e. The molecule has 14 heavy (non-hydrogen) atoms. The van der Waals surface area contributed by atoms with Gasteiger partial charge < -0.3 is 0 Å². The Kier molecular flexibility index (Phi) is 2.59. The summed E-state index contributed by atoms with van der Waals surface area (Å²) in [6.07, 6.45) is 2.72. The standard InChI is InChI=1S/C11H10FNS/c1-8-13-7-11(14-8)6-9-2-4-10(12)5-3-9/h2-5,7H,6H2,1H3. The van der Waals surface area contributed by atoms with Crippen molar-refractivity contribution in [2.24, 2.45) is 0 Å². The fourth-order valence-corrected chi connectivity index (χ4v) is 2.12. The van der Waals surface area contributed by atoms with Gasteiger partial charge in [-0.1, -0.05) is 12.1 Å². The van der Waals surface area contributed by atoms with Crippen LogP contribution in [0.1, 0.15) is 15.4 Å². The molecule has 0 amide bonds. The predicted octanol–water partition coefficient (Wildman–Crippen LogP) is 3.18. The van der Waals surface area contributed by atoms with Crippen molar-refractivity contribution >= 4 is 11.3 Å². The molecule has 1 aromatic heterocycles. The van der Waals surface area contributed by atoms with Crippen molar-refractivity contribution in [3.05, 3.63) is 51.7 Å². The highest BCUT2D eigenvalue weighted by Gasteiger charge is 2.00. The van der Waals surface area contributed by atoms with Gasteiger partial charge in [0, 0.05) is 17.5 Å². The van der Waals surface area contributed by atoms with Crippen LogP contribution in [0.3, 0.4) is 0 Å². The minimum Gasteiger partial charge on any atom is -0.250 e. The van der Waals surface area contributed by atoms with Gasteiger partial charge in [-0.3, -0.25) is 0 Å². The van der Waals surface area contributed by atoms with Crippen molar-refractivity contribution in [3.63, 3.8) is 0 Å². The molecule has 1 heterocycles. The van der Waals surface area contributed by atoms with Crippen LogP contribution in [-0.4, -0.2) is 4.98 Å². The van der Waals surface area contributed by atoms with Gasteiger partial charge in [0.2, 0.25) is 0 Å². The Labute approximate surface area is 86.2 Å². The molecular formula is C11H10FNS. The third-order valence-corrected chi connectivity index (χ3v) is 2.87. The van der Waals surface area contributed by atoms with E-state index in [1.54, 1.807) is 11.3 Å². The van der Waals surface area contributed by atoms with Crippen LogP contribution in [-0.2, 0) is 6.42 Å². The third-order valence-electron chi connectivity index (χ3n) is 1.96. The maximum absolute atomic E-state index is 12.6. The molecule has 0 bridgehead atoms. The second-order valence-corrected chi connectivity index (χ2v) is 4.47. The maximum Gasteiger partial charge on any atom is 0.123 e. The lowest BCUT2D eigenvalue weighted by Crippen LogP contribution is -1.84. The Morgan fingerprint density at radius 1 is 1.29 bits per heavy atom. The monoisotopic (exact) mass is 207 g/mol. The molecule has 0 aliphatic carbocycles. The van der Waals surface area contributed by atoms with E-state index in [0.29, 0.717) is 0 Å². The minimum absolute atomic E-state index is 0.186. The SMILES string of the molecule is Cc1ncc(Cc2ccc(F)cc2)s1. The van der Waals surface area contributed by atoms with E-state index in [9.17, 15) is 4.39 Å². The van der Waals surface area contributed by atoms with Gasteiger partial charge in [-0.2, -0.15) is 0 Å². The quantitative estimate of drug-likeness (QED) is 0.737. The number of halogens is 1. The third kappa shape index (κ3) is 2.17. The van der Waals surface area contributed by atoms with E-state index < -0.39 is 0 Å². The number of hydrogen-bond acceptors (Lipinski definition) is 2. The van der Waals surface area contributed by atoms with Crippen LogP contribution in [0.4, 0.5) is 4.39 Å². The summed E-state index contributed by atoms with van der Waals surface area (Å²) in [5.74, 6) is -0.186. The van der Waals surface area contributed by atoms with Gasteiger partial charge in [0.1, 0.15) is 5.82 Å². The first-order valence-electron chi connectivity index (χ1n) is 4.40. The average molecular weight is 207 g/mol. The Hall–Kier alpha value is -1.22. The molecule has 0 spiro atoms. The van der Waals surface area contributed by atoms with Gasteiger partial charge >= 0.3 is 0 Å². The van der Waals surface area contributed by atoms with Crippen molar-refractivity contribution in [2.45, 2.75) is 13.3 Å². The van der Waals surface area contributed by atoms with Crippen LogP contribution in [0.25, 0.3) is 0 Å². The van der Waals surface area contributed by atoms with Gasteiger partial charge in [0.25, 0.3) is 0 Å². The minimum atomic E-state index is -0.186. The summed E-state index contributed by atoms with van der Waals surface area (Å²) >= 11 is 1.68. The van der Waals surface area contributed by atoms with Crippen molar-refractivity contribution in [2.75, 3.05) is 0 Å². The number of hydrogen-bond donors (Lipinski definition) is 0. The predicted molar refractivity (Wildman–Crippen MR) is 56.1 cm³/mol. The number of aromatic nitrogens is 1. The van der Waals surface area contributed by atoms with Gasteiger partial charge in [-0.25, -0.2) is 9.37 Å². The van der Waals surface area contributed by atoms with Gasteiger partial charge in [0.05, 0.1) is 5.01 Å². The van der Waals surface area contributed by atoms with E-state index >= 15 is 0 Å². The van der Waals surface area contributed by atoms with Crippen molar-refractivity contribution in [3.8, 4) is 0 Å². The van der Waals surface area contributed by atoms with E-state index in [2.05, 4.69) is 4.98 Å². The van der Waals surface area contributed by atoms with Crippen LogP contribution in [0.2, 0.25) is 0 Å². The van der Waals surface area contributed by atoms with Gasteiger partial charge in [-0.15, -0.1) is 11.3 Å². The molecule has 0 aliphatic heterocycles. The van der Waals surface area contributed by atoms with E-state index in [-0.39, 0.29) is 5.82 Å². The maximum atomic E-state index is 12.6. The highest BCUT2D eigenvalue weighted by Crippen LogP contribution is 2.16. The van der Waals surface area contributed by atoms with Gasteiger partial charge in [-0.05, 0) is 24.6 Å². The second kappa shape index (κ2) is 3.88. The molecule has 1 nitrogen and oxygen atoms in total. The second-order valence-electron chi connectivity index (χ2n) is 3.15. The summed E-state index contributed by atoms with van der Waals surface area (Å²) in [5.41, 5.74) is 1.12. The molecular weight excluding hydrogens is 197 g/mol. The van der Waals surface area contributed by atoms with Crippen LogP contribution in [0.15, 0.2) is 30.5 Å². The first-order chi connectivity index (χ1) is 6.74. The molecule has 0 aliphatic rings. The summed E-state index contributed by atoms with van der Waals surface area (Å²) in [6, 6.07) is 6.60. The molecule has 0 saturated heterocycles. The van der Waals surface area contributed by atoms with Crippen molar-refractivity contribution in [1.82, 2.24) is 4.98 Å². The van der Waals surface area contributed by atoms with Crippen molar-refractivity contribution in [1.29, 1.82) is 0 Å². The first kappa shape index (κ1) is 9.34. The molecule has 0 radical (unpaired) electrons. The zero-order valence-corrected chi connectivity index (χ0v) is 8.64. The van der Waals surface area contributed by atoms with Gasteiger partial charge in [0.15, 0.2) is 0 Å². The lowest BCUT2D eigenvalue weighted by molar-refractivity contribution is 0.627. The normalized spacial score (nSPS) is 10.4. The molecule has 0 fully saturated rings. The highest BCUT2D eigenvalue weighted by atomic mass is 32.1. The summed E-state index contributed by atoms with van der Waals surface area (Å²) < 4.78 is 12.6. The Morgan fingerprint density at radius 3 is 2.57 bits per heavy atom. The van der Waals surface area contributed by atoms with E-state index in [4.69, 9.17) is 0 Å². The number of aryl methyl sites for hydroxylation is 1. The zero-order valence-electron chi connectivity index (χ0n) is 7.83. The Bertz CT molecular complexity index is 419. The van der Waals surface area contributed by atoms with Crippen molar-refractivity contribution < 1.29 is 4.39 Å². The molecule has 3 heteroatoms. The van der Waals surface area contributed by atoms with E-state index in [1.807, 2.05) is 25.3 Å². The number of benzene rings is 1. The lowest BCUT2D eigenvalue weighted by Gasteiger charge is -1.97. The summed E-state index contributed by atoms with van der Waals surface area (Å²) in [4.78, 5) is 5.39. The summed E-state index contributed by atoms with van der Waals surface area (Å²) in [6.45, 7) is 1.98. The molecule has 0 unspecified atom stereocenters. The number of rotatable bonds is 2. The lowest BCUT2D eigenvalue weighted by atomic mass is 10.1. The summed E-state index contributed by atoms with van der Waals surface area (Å²) in [7, 11) is 0. The van der Waals surface area contributed by atoms with Crippen LogP contribution in [0.5, 0.6) is 0 Å². The van der Waals surface area contributed by atoms with E-state index in [0.717, 1.165) is 17.0 Å². The van der Waals surface area contributed by atoms with E-state index in [1.165, 1.54) is 17.0 Å². The van der Waals surface area contributed by atoms with Crippen LogP contribution >= 0.6 is 11.3 Å². The molecule has 0 N–H and O–H groups in total.